The highest BCUT2D eigenvalue weighted by Gasteiger charge is 2.28. The van der Waals surface area contributed by atoms with Crippen molar-refractivity contribution in [3.05, 3.63) is 46.3 Å². The zero-order valence-corrected chi connectivity index (χ0v) is 20.1. The number of fused-ring (bicyclic) bond motifs is 1. The average molecular weight is 488 g/mol. The van der Waals surface area contributed by atoms with E-state index in [9.17, 15) is 14.0 Å². The van der Waals surface area contributed by atoms with Gasteiger partial charge in [-0.3, -0.25) is 14.5 Å². The van der Waals surface area contributed by atoms with Crippen LogP contribution in [0.2, 0.25) is 0 Å². The standard InChI is InChI=1S/C23H26FN5O4S/c1-14-19-21(33-3)26-17(13-32-2)27-22(19)34-20(14)23(31)29-10-8-28(9-11-29)12-18(30)25-16-6-4-15(24)5-7-16/h4-7H,8-13H2,1-3H3,(H,25,30). The van der Waals surface area contributed by atoms with Crippen LogP contribution in [0.3, 0.4) is 0 Å². The van der Waals surface area contributed by atoms with Gasteiger partial charge >= 0.3 is 0 Å². The molecule has 1 saturated heterocycles. The molecule has 0 saturated carbocycles. The maximum atomic E-state index is 13.3. The highest BCUT2D eigenvalue weighted by molar-refractivity contribution is 7.20. The maximum absolute atomic E-state index is 13.3. The van der Waals surface area contributed by atoms with Crippen molar-refractivity contribution in [2.75, 3.05) is 52.3 Å². The van der Waals surface area contributed by atoms with Gasteiger partial charge in [-0.05, 0) is 36.8 Å². The molecule has 4 rings (SSSR count). The number of piperazine rings is 1. The second-order valence-electron chi connectivity index (χ2n) is 7.94. The first kappa shape index (κ1) is 24.0. The largest absolute Gasteiger partial charge is 0.480 e. The predicted molar refractivity (Wildman–Crippen MR) is 127 cm³/mol. The molecular formula is C23H26FN5O4S. The third-order valence-corrected chi connectivity index (χ3v) is 6.79. The minimum Gasteiger partial charge on any atom is -0.480 e. The molecule has 0 radical (unpaired) electrons. The van der Waals surface area contributed by atoms with Gasteiger partial charge in [0.1, 0.15) is 17.3 Å². The summed E-state index contributed by atoms with van der Waals surface area (Å²) in [5, 5.41) is 3.51. The molecule has 0 unspecified atom stereocenters. The van der Waals surface area contributed by atoms with Crippen LogP contribution in [0.15, 0.2) is 24.3 Å². The van der Waals surface area contributed by atoms with Gasteiger partial charge in [0.05, 0.1) is 23.9 Å². The highest BCUT2D eigenvalue weighted by Crippen LogP contribution is 2.35. The fourth-order valence-electron chi connectivity index (χ4n) is 3.88. The Morgan fingerprint density at radius 1 is 1.12 bits per heavy atom. The van der Waals surface area contributed by atoms with Crippen molar-refractivity contribution in [1.29, 1.82) is 0 Å². The molecule has 0 aliphatic carbocycles. The zero-order valence-electron chi connectivity index (χ0n) is 19.3. The number of hydrogen-bond acceptors (Lipinski definition) is 8. The van der Waals surface area contributed by atoms with Gasteiger partial charge < -0.3 is 19.7 Å². The molecule has 0 bridgehead atoms. The highest BCUT2D eigenvalue weighted by atomic mass is 32.1. The van der Waals surface area contributed by atoms with Crippen LogP contribution in [-0.2, 0) is 16.1 Å². The number of nitrogens with one attached hydrogen (secondary N) is 1. The van der Waals surface area contributed by atoms with Crippen molar-refractivity contribution in [3.63, 3.8) is 0 Å². The summed E-state index contributed by atoms with van der Waals surface area (Å²) in [4.78, 5) is 39.6. The normalized spacial score (nSPS) is 14.4. The van der Waals surface area contributed by atoms with Gasteiger partial charge in [-0.1, -0.05) is 0 Å². The predicted octanol–water partition coefficient (Wildman–Crippen LogP) is 2.69. The van der Waals surface area contributed by atoms with E-state index >= 15 is 0 Å². The summed E-state index contributed by atoms with van der Waals surface area (Å²) >= 11 is 1.33. The summed E-state index contributed by atoms with van der Waals surface area (Å²) in [5.41, 5.74) is 1.35. The number of hydrogen-bond donors (Lipinski definition) is 1. The molecule has 11 heteroatoms. The third-order valence-electron chi connectivity index (χ3n) is 5.62. The molecule has 3 aromatic rings. The van der Waals surface area contributed by atoms with Crippen molar-refractivity contribution in [3.8, 4) is 5.88 Å². The molecule has 3 heterocycles. The quantitative estimate of drug-likeness (QED) is 0.547. The summed E-state index contributed by atoms with van der Waals surface area (Å²) in [5.74, 6) is 0.338. The number of aromatic nitrogens is 2. The first-order valence-electron chi connectivity index (χ1n) is 10.8. The average Bonchev–Trinajstić information content (AvgIpc) is 3.16. The van der Waals surface area contributed by atoms with Crippen molar-refractivity contribution < 1.29 is 23.5 Å². The maximum Gasteiger partial charge on any atom is 0.264 e. The van der Waals surface area contributed by atoms with E-state index in [2.05, 4.69) is 15.3 Å². The molecule has 180 valence electrons. The second kappa shape index (κ2) is 10.4. The summed E-state index contributed by atoms with van der Waals surface area (Å²) < 4.78 is 23.6. The molecular weight excluding hydrogens is 461 g/mol. The summed E-state index contributed by atoms with van der Waals surface area (Å²) in [7, 11) is 3.11. The molecule has 2 amide bonds. The lowest BCUT2D eigenvalue weighted by Gasteiger charge is -2.34. The number of rotatable bonds is 7. The molecule has 2 aromatic heterocycles. The molecule has 9 nitrogen and oxygen atoms in total. The number of anilines is 1. The number of benzene rings is 1. The molecule has 1 aliphatic heterocycles. The molecule has 1 aliphatic rings. The fourth-order valence-corrected chi connectivity index (χ4v) is 5.04. The van der Waals surface area contributed by atoms with Crippen LogP contribution < -0.4 is 10.1 Å². The van der Waals surface area contributed by atoms with Gasteiger partial charge in [-0.2, -0.15) is 4.98 Å². The third kappa shape index (κ3) is 5.16. The Labute approximate surface area is 200 Å². The number of carbonyl (C=O) groups excluding carboxylic acids is 2. The molecule has 0 atom stereocenters. The van der Waals surface area contributed by atoms with E-state index in [0.717, 1.165) is 10.9 Å². The van der Waals surface area contributed by atoms with Gasteiger partial charge in [0.2, 0.25) is 11.8 Å². The number of amides is 2. The Morgan fingerprint density at radius 3 is 2.47 bits per heavy atom. The number of halogens is 1. The lowest BCUT2D eigenvalue weighted by Crippen LogP contribution is -2.50. The van der Waals surface area contributed by atoms with E-state index in [1.54, 1.807) is 19.1 Å². The monoisotopic (exact) mass is 487 g/mol. The van der Waals surface area contributed by atoms with Gasteiger partial charge in [-0.15, -0.1) is 11.3 Å². The van der Waals surface area contributed by atoms with Crippen LogP contribution in [0.4, 0.5) is 10.1 Å². The van der Waals surface area contributed by atoms with Crippen molar-refractivity contribution in [2.24, 2.45) is 0 Å². The van der Waals surface area contributed by atoms with Crippen LogP contribution in [0.25, 0.3) is 10.2 Å². The summed E-state index contributed by atoms with van der Waals surface area (Å²) in [6.45, 7) is 4.51. The number of nitrogens with zero attached hydrogens (tertiary/aromatic N) is 4. The lowest BCUT2D eigenvalue weighted by molar-refractivity contribution is -0.117. The van der Waals surface area contributed by atoms with Crippen molar-refractivity contribution in [2.45, 2.75) is 13.5 Å². The Hall–Kier alpha value is -3.15. The number of aryl methyl sites for hydroxylation is 1. The Balaban J connectivity index is 1.39. The summed E-state index contributed by atoms with van der Waals surface area (Å²) in [6, 6.07) is 5.65. The van der Waals surface area contributed by atoms with E-state index < -0.39 is 0 Å². The van der Waals surface area contributed by atoms with Crippen LogP contribution in [0.5, 0.6) is 5.88 Å². The van der Waals surface area contributed by atoms with E-state index in [4.69, 9.17) is 9.47 Å². The topological polar surface area (TPSA) is 96.9 Å². The Bertz CT molecular complexity index is 1190. The number of ether oxygens (including phenoxy) is 2. The SMILES string of the molecule is COCc1nc(OC)c2c(C)c(C(=O)N3CCN(CC(=O)Nc4ccc(F)cc4)CC3)sc2n1. The van der Waals surface area contributed by atoms with Crippen molar-refractivity contribution in [1.82, 2.24) is 19.8 Å². The summed E-state index contributed by atoms with van der Waals surface area (Å²) in [6.07, 6.45) is 0. The number of carbonyl (C=O) groups is 2. The van der Waals surface area contributed by atoms with Crippen LogP contribution in [0, 0.1) is 12.7 Å². The molecule has 1 N–H and O–H groups in total. The van der Waals surface area contributed by atoms with Gasteiger partial charge in [0.15, 0.2) is 5.82 Å². The minimum atomic E-state index is -0.353. The van der Waals surface area contributed by atoms with Crippen molar-refractivity contribution >= 4 is 39.1 Å². The van der Waals surface area contributed by atoms with E-state index in [0.29, 0.717) is 53.3 Å². The Morgan fingerprint density at radius 2 is 1.82 bits per heavy atom. The van der Waals surface area contributed by atoms with E-state index in [-0.39, 0.29) is 30.8 Å². The molecule has 34 heavy (non-hydrogen) atoms. The minimum absolute atomic E-state index is 0.0636. The molecule has 1 fully saturated rings. The van der Waals surface area contributed by atoms with E-state index in [1.165, 1.54) is 35.6 Å². The smallest absolute Gasteiger partial charge is 0.264 e. The van der Waals surface area contributed by atoms with Crippen LogP contribution in [0.1, 0.15) is 21.1 Å². The first-order valence-corrected chi connectivity index (χ1v) is 11.6. The fraction of sp³-hybridized carbons (Fsp3) is 0.391. The van der Waals surface area contributed by atoms with Gasteiger partial charge in [-0.25, -0.2) is 9.37 Å². The Kier molecular flexibility index (Phi) is 7.35. The van der Waals surface area contributed by atoms with E-state index in [1.807, 2.05) is 11.8 Å². The van der Waals surface area contributed by atoms with Crippen LogP contribution >= 0.6 is 11.3 Å². The van der Waals surface area contributed by atoms with Crippen LogP contribution in [-0.4, -0.2) is 78.5 Å². The zero-order chi connectivity index (χ0) is 24.2. The number of methoxy groups -OCH3 is 2. The number of thiophene rings is 1. The van der Waals surface area contributed by atoms with Gasteiger partial charge in [0, 0.05) is 39.0 Å². The lowest BCUT2D eigenvalue weighted by atomic mass is 10.2. The molecule has 1 aromatic carbocycles. The second-order valence-corrected chi connectivity index (χ2v) is 8.94. The van der Waals surface area contributed by atoms with Gasteiger partial charge in [0.25, 0.3) is 5.91 Å². The molecule has 0 spiro atoms. The first-order chi connectivity index (χ1) is 16.4.